The van der Waals surface area contributed by atoms with Gasteiger partial charge in [0.2, 0.25) is 10.0 Å². The van der Waals surface area contributed by atoms with E-state index in [1.807, 2.05) is 19.1 Å². The molecule has 1 aliphatic heterocycles. The fourth-order valence-electron chi connectivity index (χ4n) is 3.08. The molecule has 7 nitrogen and oxygen atoms in total. The molecule has 1 heterocycles. The lowest BCUT2D eigenvalue weighted by Gasteiger charge is -2.16. The standard InChI is InChI=1S/C21H26N2O5S/c1-3-22-29(25,26)18-8-4-6-16(13-18)21(24)23-19-10-9-15(2)12-20(19)28-14-17-7-5-11-27-17/h4,6,8-10,12-13,17,22H,3,5,7,11,14H2,1-2H3,(H,23,24). The third-order valence-corrected chi connectivity index (χ3v) is 6.12. The Morgan fingerprint density at radius 2 is 2.07 bits per heavy atom. The molecule has 2 aromatic carbocycles. The molecule has 1 unspecified atom stereocenters. The first-order valence-electron chi connectivity index (χ1n) is 9.65. The van der Waals surface area contributed by atoms with Crippen LogP contribution in [0.3, 0.4) is 0 Å². The fraction of sp³-hybridized carbons (Fsp3) is 0.381. The Hall–Kier alpha value is -2.42. The Morgan fingerprint density at radius 3 is 2.79 bits per heavy atom. The van der Waals surface area contributed by atoms with E-state index in [1.165, 1.54) is 12.1 Å². The highest BCUT2D eigenvalue weighted by atomic mass is 32.2. The molecular formula is C21H26N2O5S. The minimum absolute atomic E-state index is 0.0470. The zero-order chi connectivity index (χ0) is 20.9. The lowest BCUT2D eigenvalue weighted by atomic mass is 10.1. The highest BCUT2D eigenvalue weighted by molar-refractivity contribution is 7.89. The van der Waals surface area contributed by atoms with Crippen molar-refractivity contribution in [2.24, 2.45) is 0 Å². The Bertz CT molecular complexity index is 969. The number of carbonyl (C=O) groups excluding carboxylic acids is 1. The lowest BCUT2D eigenvalue weighted by molar-refractivity contribution is 0.0681. The molecule has 1 amide bonds. The Labute approximate surface area is 171 Å². The molecule has 0 aromatic heterocycles. The average molecular weight is 419 g/mol. The van der Waals surface area contributed by atoms with E-state index in [1.54, 1.807) is 25.1 Å². The molecule has 1 saturated heterocycles. The maximum atomic E-state index is 12.7. The number of ether oxygens (including phenoxy) is 2. The van der Waals surface area contributed by atoms with Gasteiger partial charge in [-0.15, -0.1) is 0 Å². The number of hydrogen-bond donors (Lipinski definition) is 2. The van der Waals surface area contributed by atoms with Crippen molar-refractivity contribution < 1.29 is 22.7 Å². The second kappa shape index (κ2) is 9.39. The number of sulfonamides is 1. The zero-order valence-electron chi connectivity index (χ0n) is 16.6. The lowest BCUT2D eigenvalue weighted by Crippen LogP contribution is -2.23. The van der Waals surface area contributed by atoms with Crippen molar-refractivity contribution >= 4 is 21.6 Å². The third-order valence-electron chi connectivity index (χ3n) is 4.57. The maximum absolute atomic E-state index is 12.7. The molecular weight excluding hydrogens is 392 g/mol. The summed E-state index contributed by atoms with van der Waals surface area (Å²) in [7, 11) is -3.64. The van der Waals surface area contributed by atoms with Crippen molar-refractivity contribution in [3.8, 4) is 5.75 Å². The van der Waals surface area contributed by atoms with E-state index >= 15 is 0 Å². The van der Waals surface area contributed by atoms with Crippen LogP contribution < -0.4 is 14.8 Å². The molecule has 0 saturated carbocycles. The normalized spacial score (nSPS) is 16.6. The van der Waals surface area contributed by atoms with Crippen LogP contribution in [0.4, 0.5) is 5.69 Å². The molecule has 1 aliphatic rings. The van der Waals surface area contributed by atoms with Crippen LogP contribution in [0.1, 0.15) is 35.7 Å². The minimum Gasteiger partial charge on any atom is -0.489 e. The summed E-state index contributed by atoms with van der Waals surface area (Å²) in [6.07, 6.45) is 2.05. The quantitative estimate of drug-likeness (QED) is 0.687. The molecule has 2 N–H and O–H groups in total. The number of aryl methyl sites for hydroxylation is 1. The summed E-state index contributed by atoms with van der Waals surface area (Å²) < 4.78 is 38.3. The second-order valence-electron chi connectivity index (χ2n) is 6.93. The molecule has 0 bridgehead atoms. The van der Waals surface area contributed by atoms with E-state index in [2.05, 4.69) is 10.0 Å². The van der Waals surface area contributed by atoms with Crippen LogP contribution in [-0.2, 0) is 14.8 Å². The predicted molar refractivity (Wildman–Crippen MR) is 111 cm³/mol. The smallest absolute Gasteiger partial charge is 0.255 e. The molecule has 2 aromatic rings. The zero-order valence-corrected chi connectivity index (χ0v) is 17.4. The van der Waals surface area contributed by atoms with E-state index in [9.17, 15) is 13.2 Å². The van der Waals surface area contributed by atoms with E-state index in [0.717, 1.165) is 25.0 Å². The minimum atomic E-state index is -3.64. The van der Waals surface area contributed by atoms with Crippen LogP contribution in [-0.4, -0.2) is 40.2 Å². The second-order valence-corrected chi connectivity index (χ2v) is 8.70. The molecule has 0 radical (unpaired) electrons. The van der Waals surface area contributed by atoms with Crippen LogP contribution in [0.15, 0.2) is 47.4 Å². The van der Waals surface area contributed by atoms with Gasteiger partial charge in [-0.2, -0.15) is 0 Å². The maximum Gasteiger partial charge on any atom is 0.255 e. The van der Waals surface area contributed by atoms with Gasteiger partial charge in [0.1, 0.15) is 12.4 Å². The molecule has 1 fully saturated rings. The largest absolute Gasteiger partial charge is 0.489 e. The van der Waals surface area contributed by atoms with Crippen molar-refractivity contribution in [1.29, 1.82) is 0 Å². The summed E-state index contributed by atoms with van der Waals surface area (Å²) in [6.45, 7) is 5.08. The first-order valence-corrected chi connectivity index (χ1v) is 11.1. The van der Waals surface area contributed by atoms with Crippen molar-refractivity contribution in [1.82, 2.24) is 4.72 Å². The van der Waals surface area contributed by atoms with Crippen LogP contribution in [0.2, 0.25) is 0 Å². The summed E-state index contributed by atoms with van der Waals surface area (Å²) in [5, 5.41) is 2.82. The van der Waals surface area contributed by atoms with Gasteiger partial charge in [0, 0.05) is 18.7 Å². The number of carbonyl (C=O) groups is 1. The fourth-order valence-corrected chi connectivity index (χ4v) is 4.17. The van der Waals surface area contributed by atoms with Gasteiger partial charge in [-0.25, -0.2) is 13.1 Å². The van der Waals surface area contributed by atoms with Crippen molar-refractivity contribution in [3.05, 3.63) is 53.6 Å². The number of benzene rings is 2. The summed E-state index contributed by atoms with van der Waals surface area (Å²) in [4.78, 5) is 12.8. The van der Waals surface area contributed by atoms with Crippen LogP contribution in [0, 0.1) is 6.92 Å². The van der Waals surface area contributed by atoms with E-state index in [-0.39, 0.29) is 23.1 Å². The highest BCUT2D eigenvalue weighted by Gasteiger charge is 2.19. The predicted octanol–water partition coefficient (Wildman–Crippen LogP) is 3.10. The topological polar surface area (TPSA) is 93.7 Å². The van der Waals surface area contributed by atoms with Gasteiger partial charge in [0.15, 0.2) is 0 Å². The third kappa shape index (κ3) is 5.56. The Balaban J connectivity index is 1.76. The monoisotopic (exact) mass is 418 g/mol. The summed E-state index contributed by atoms with van der Waals surface area (Å²) in [5.41, 5.74) is 1.78. The van der Waals surface area contributed by atoms with Gasteiger partial charge in [-0.1, -0.05) is 19.1 Å². The molecule has 3 rings (SSSR count). The molecule has 29 heavy (non-hydrogen) atoms. The summed E-state index contributed by atoms with van der Waals surface area (Å²) in [6, 6.07) is 11.4. The molecule has 1 atom stereocenters. The van der Waals surface area contributed by atoms with Crippen LogP contribution in [0.5, 0.6) is 5.75 Å². The van der Waals surface area contributed by atoms with E-state index in [4.69, 9.17) is 9.47 Å². The summed E-state index contributed by atoms with van der Waals surface area (Å²) in [5.74, 6) is 0.148. The number of nitrogens with one attached hydrogen (secondary N) is 2. The average Bonchev–Trinajstić information content (AvgIpc) is 3.22. The van der Waals surface area contributed by atoms with Crippen molar-refractivity contribution in [3.63, 3.8) is 0 Å². The Kier molecular flexibility index (Phi) is 6.89. The van der Waals surface area contributed by atoms with Gasteiger partial charge in [-0.05, 0) is 55.7 Å². The van der Waals surface area contributed by atoms with Gasteiger partial charge in [0.25, 0.3) is 5.91 Å². The molecule has 8 heteroatoms. The SMILES string of the molecule is CCNS(=O)(=O)c1cccc(C(=O)Nc2ccc(C)cc2OCC2CCCO2)c1. The van der Waals surface area contributed by atoms with Gasteiger partial charge in [0.05, 0.1) is 16.7 Å². The highest BCUT2D eigenvalue weighted by Crippen LogP contribution is 2.27. The molecule has 0 spiro atoms. The van der Waals surface area contributed by atoms with Crippen molar-refractivity contribution in [2.75, 3.05) is 25.1 Å². The number of rotatable bonds is 8. The van der Waals surface area contributed by atoms with Gasteiger partial charge < -0.3 is 14.8 Å². The summed E-state index contributed by atoms with van der Waals surface area (Å²) >= 11 is 0. The molecule has 156 valence electrons. The van der Waals surface area contributed by atoms with Crippen molar-refractivity contribution in [2.45, 2.75) is 37.7 Å². The van der Waals surface area contributed by atoms with Crippen LogP contribution in [0.25, 0.3) is 0 Å². The van der Waals surface area contributed by atoms with E-state index in [0.29, 0.717) is 18.0 Å². The number of anilines is 1. The first-order chi connectivity index (χ1) is 13.9. The number of amides is 1. The van der Waals surface area contributed by atoms with Crippen LogP contribution >= 0.6 is 0 Å². The number of hydrogen-bond acceptors (Lipinski definition) is 5. The van der Waals surface area contributed by atoms with E-state index < -0.39 is 15.9 Å². The first kappa shape index (κ1) is 21.3. The Morgan fingerprint density at radius 1 is 1.24 bits per heavy atom. The van der Waals surface area contributed by atoms with Gasteiger partial charge in [-0.3, -0.25) is 4.79 Å². The molecule has 0 aliphatic carbocycles. The van der Waals surface area contributed by atoms with Gasteiger partial charge >= 0.3 is 0 Å².